The van der Waals surface area contributed by atoms with E-state index < -0.39 is 0 Å². The van der Waals surface area contributed by atoms with Crippen LogP contribution < -0.4 is 21.3 Å². The number of carbonyl (C=O) groups excluding carboxylic acids is 4. The van der Waals surface area contributed by atoms with Crippen molar-refractivity contribution in [3.8, 4) is 0 Å². The Morgan fingerprint density at radius 2 is 0.440 bits per heavy atom. The van der Waals surface area contributed by atoms with E-state index in [0.717, 1.165) is 49.2 Å². The van der Waals surface area contributed by atoms with Crippen LogP contribution >= 0.6 is 86.4 Å². The molecule has 0 radical (unpaired) electrons. The van der Waals surface area contributed by atoms with Crippen LogP contribution in [0.2, 0.25) is 0 Å². The molecule has 0 saturated carbocycles. The molecule has 0 aliphatic rings. The number of unbranched alkanes of at least 4 members (excludes halogenated alkanes) is 28. The number of nitrogens with zero attached hydrogens (tertiary/aromatic N) is 3. The van der Waals surface area contributed by atoms with Crippen molar-refractivity contribution in [3.05, 3.63) is 0 Å². The van der Waals surface area contributed by atoms with E-state index in [1.165, 1.54) is 228 Å². The minimum absolute atomic E-state index is 0.0650. The lowest BCUT2D eigenvalue weighted by Gasteiger charge is -2.28. The second kappa shape index (κ2) is 71.0. The Balaban J connectivity index is 5.18. The molecule has 4 amide bonds. The van der Waals surface area contributed by atoms with Gasteiger partial charge in [0.25, 0.3) is 0 Å². The van der Waals surface area contributed by atoms with E-state index in [1.807, 2.05) is 86.4 Å². The van der Waals surface area contributed by atoms with Gasteiger partial charge < -0.3 is 36.0 Å². The van der Waals surface area contributed by atoms with E-state index in [0.29, 0.717) is 78.0 Å². The van der Waals surface area contributed by atoms with E-state index in [-0.39, 0.29) is 23.6 Å². The molecule has 498 valence electrons. The van der Waals surface area contributed by atoms with E-state index in [9.17, 15) is 19.2 Å². The standard InChI is InChI=1S/C65H131N7O4S8/c1-6-10-14-18-22-26-30-34-54-77-81-58-42-66-62(73)38-46-71(47-39-63(74)67-43-59-82-78-55-35-31-27-23-19-15-11-7-2)52-50-70(5)51-53-72(48-40-64(75)68-44-60-83-79-56-36-32-28-24-20-16-12-8-3)49-41-65(76)69-45-61-84-80-57-37-33-29-25-21-17-13-9-4/h6-61H2,1-5H3,(H,66,73)(H,67,74)(H,68,75)(H,69,76). The number of rotatable bonds is 70. The normalized spacial score (nSPS) is 11.6. The Kier molecular flexibility index (Phi) is 71.5. The van der Waals surface area contributed by atoms with Gasteiger partial charge in [-0.25, -0.2) is 0 Å². The SMILES string of the molecule is CCCCCCCCCCSSCCNC(=O)CCN(CCC(=O)NCCSSCCCCCCCCCC)CCN(C)CCN(CCC(=O)NCCSSCCCCCCCCCC)CCC(=O)NCCSSCCCCCCCCCC. The molecule has 0 aliphatic carbocycles. The van der Waals surface area contributed by atoms with E-state index in [1.54, 1.807) is 0 Å². The molecule has 0 aromatic carbocycles. The van der Waals surface area contributed by atoms with Gasteiger partial charge in [0.05, 0.1) is 0 Å². The maximum absolute atomic E-state index is 13.1. The van der Waals surface area contributed by atoms with Gasteiger partial charge in [0, 0.05) is 150 Å². The summed E-state index contributed by atoms with van der Waals surface area (Å²) in [6.45, 7) is 17.2. The van der Waals surface area contributed by atoms with Gasteiger partial charge in [0.15, 0.2) is 0 Å². The zero-order valence-corrected chi connectivity index (χ0v) is 61.4. The molecule has 0 saturated heterocycles. The Labute approximate surface area is 551 Å². The first-order valence-electron chi connectivity index (χ1n) is 34.4. The predicted octanol–water partition coefficient (Wildman–Crippen LogP) is 17.6. The molecule has 0 unspecified atom stereocenters. The van der Waals surface area contributed by atoms with Crippen LogP contribution in [0, 0.1) is 0 Å². The van der Waals surface area contributed by atoms with Crippen molar-refractivity contribution in [1.82, 2.24) is 36.0 Å². The Bertz CT molecular complexity index is 1230. The summed E-state index contributed by atoms with van der Waals surface area (Å²) in [7, 11) is 17.3. The van der Waals surface area contributed by atoms with Crippen LogP contribution in [0.25, 0.3) is 0 Å². The molecule has 84 heavy (non-hydrogen) atoms. The number of nitrogens with one attached hydrogen (secondary N) is 4. The molecule has 0 rings (SSSR count). The van der Waals surface area contributed by atoms with Crippen molar-refractivity contribution < 1.29 is 19.2 Å². The highest BCUT2D eigenvalue weighted by molar-refractivity contribution is 8.77. The third-order valence-corrected chi connectivity index (χ3v) is 24.9. The number of likely N-dealkylation sites (N-methyl/N-ethyl adjacent to an activating group) is 1. The Morgan fingerprint density at radius 3 is 0.655 bits per heavy atom. The van der Waals surface area contributed by atoms with Gasteiger partial charge in [-0.05, 0) is 32.7 Å². The summed E-state index contributed by atoms with van der Waals surface area (Å²) in [4.78, 5) is 59.2. The number of hydrogen-bond acceptors (Lipinski definition) is 15. The summed E-state index contributed by atoms with van der Waals surface area (Å²) >= 11 is 0. The molecule has 0 aliphatic heterocycles. The largest absolute Gasteiger partial charge is 0.355 e. The zero-order valence-electron chi connectivity index (χ0n) is 54.8. The molecule has 0 fully saturated rings. The molecule has 0 heterocycles. The smallest absolute Gasteiger partial charge is 0.221 e. The molecule has 0 spiro atoms. The molecular weight excluding hydrogens is 1200 g/mol. The zero-order chi connectivity index (χ0) is 61.1. The average molecular weight is 1330 g/mol. The molecule has 11 nitrogen and oxygen atoms in total. The second-order valence-electron chi connectivity index (χ2n) is 22.9. The van der Waals surface area contributed by atoms with Crippen LogP contribution in [0.4, 0.5) is 0 Å². The molecule has 0 bridgehead atoms. The van der Waals surface area contributed by atoms with Crippen molar-refractivity contribution in [1.29, 1.82) is 0 Å². The number of hydrogen-bond donors (Lipinski definition) is 4. The highest BCUT2D eigenvalue weighted by Gasteiger charge is 2.15. The molecular formula is C65H131N7O4S8. The van der Waals surface area contributed by atoms with Gasteiger partial charge in [0.1, 0.15) is 0 Å². The summed E-state index contributed by atoms with van der Waals surface area (Å²) in [6.07, 6.45) is 44.5. The number of amides is 4. The van der Waals surface area contributed by atoms with Crippen LogP contribution in [0.3, 0.4) is 0 Å². The highest BCUT2D eigenvalue weighted by atomic mass is 33.1. The van der Waals surface area contributed by atoms with Gasteiger partial charge in [-0.1, -0.05) is 294 Å². The van der Waals surface area contributed by atoms with Crippen LogP contribution in [0.1, 0.15) is 259 Å². The summed E-state index contributed by atoms with van der Waals surface area (Å²) in [5.41, 5.74) is 0. The first-order chi connectivity index (χ1) is 41.2. The van der Waals surface area contributed by atoms with Crippen LogP contribution in [-0.2, 0) is 19.2 Å². The Morgan fingerprint density at radius 1 is 0.250 bits per heavy atom. The minimum Gasteiger partial charge on any atom is -0.355 e. The first-order valence-corrected chi connectivity index (χ1v) is 44.4. The lowest BCUT2D eigenvalue weighted by molar-refractivity contribution is -0.123. The predicted molar refractivity (Wildman–Crippen MR) is 391 cm³/mol. The number of carbonyl (C=O) groups is 4. The first kappa shape index (κ1) is 84.6. The summed E-state index contributed by atoms with van der Waals surface area (Å²) in [5.74, 6) is 8.56. The van der Waals surface area contributed by atoms with Crippen LogP contribution in [0.15, 0.2) is 0 Å². The highest BCUT2D eigenvalue weighted by Crippen LogP contribution is 2.25. The van der Waals surface area contributed by atoms with Gasteiger partial charge in [-0.2, -0.15) is 0 Å². The minimum atomic E-state index is 0.0650. The van der Waals surface area contributed by atoms with Crippen molar-refractivity contribution in [2.75, 3.05) is 132 Å². The van der Waals surface area contributed by atoms with Crippen molar-refractivity contribution in [2.45, 2.75) is 259 Å². The molecule has 0 aromatic heterocycles. The second-order valence-corrected chi connectivity index (χ2v) is 33.7. The topological polar surface area (TPSA) is 126 Å². The van der Waals surface area contributed by atoms with Crippen LogP contribution in [-0.4, -0.2) is 170 Å². The van der Waals surface area contributed by atoms with Crippen molar-refractivity contribution in [2.24, 2.45) is 0 Å². The summed E-state index contributed by atoms with van der Waals surface area (Å²) < 4.78 is 0. The fourth-order valence-corrected chi connectivity index (χ4v) is 17.6. The van der Waals surface area contributed by atoms with Crippen LogP contribution in [0.5, 0.6) is 0 Å². The quantitative estimate of drug-likeness (QED) is 0.0341. The van der Waals surface area contributed by atoms with Gasteiger partial charge >= 0.3 is 0 Å². The lowest BCUT2D eigenvalue weighted by Crippen LogP contribution is -2.41. The maximum Gasteiger partial charge on any atom is 0.221 e. The Hall–Kier alpha value is 0.560. The molecule has 0 atom stereocenters. The third-order valence-electron chi connectivity index (χ3n) is 14.9. The summed E-state index contributed by atoms with van der Waals surface area (Å²) in [6, 6.07) is 0. The van der Waals surface area contributed by atoms with Crippen molar-refractivity contribution in [3.63, 3.8) is 0 Å². The molecule has 4 N–H and O–H groups in total. The lowest BCUT2D eigenvalue weighted by atomic mass is 10.1. The van der Waals surface area contributed by atoms with E-state index in [4.69, 9.17) is 0 Å². The fraction of sp³-hybridized carbons (Fsp3) is 0.938. The van der Waals surface area contributed by atoms with E-state index in [2.05, 4.69) is 70.7 Å². The molecule has 0 aromatic rings. The van der Waals surface area contributed by atoms with Gasteiger partial charge in [0.2, 0.25) is 23.6 Å². The van der Waals surface area contributed by atoms with Gasteiger partial charge in [-0.15, -0.1) is 0 Å². The van der Waals surface area contributed by atoms with Gasteiger partial charge in [-0.3, -0.25) is 19.2 Å². The van der Waals surface area contributed by atoms with Crippen molar-refractivity contribution >= 4 is 110 Å². The third kappa shape index (κ3) is 67.0. The maximum atomic E-state index is 13.1. The van der Waals surface area contributed by atoms with E-state index >= 15 is 0 Å². The molecule has 19 heteroatoms. The summed E-state index contributed by atoms with van der Waals surface area (Å²) in [5, 5.41) is 12.6. The fourth-order valence-electron chi connectivity index (χ4n) is 9.38. The monoisotopic (exact) mass is 1330 g/mol. The average Bonchev–Trinajstić information content (AvgIpc) is 3.51.